The van der Waals surface area contributed by atoms with E-state index >= 15 is 0 Å². The van der Waals surface area contributed by atoms with Crippen LogP contribution in [-0.2, 0) is 29.3 Å². The number of barbiturate groups is 1. The minimum Gasteiger partial charge on any atom is -0.277 e. The summed E-state index contributed by atoms with van der Waals surface area (Å²) in [6.07, 6.45) is 0. The number of rotatable bonds is 6. The second kappa shape index (κ2) is 8.58. The molecule has 1 heterocycles. The molecule has 0 spiro atoms. The molecular weight excluding hydrogens is 491 g/mol. The Morgan fingerprint density at radius 1 is 0.742 bits per heavy atom. The number of halogens is 2. The van der Waals surface area contributed by atoms with Gasteiger partial charge >= 0.3 is 6.03 Å². The summed E-state index contributed by atoms with van der Waals surface area (Å²) in [6.45, 7) is 0. The van der Waals surface area contributed by atoms with E-state index in [9.17, 15) is 31.2 Å². The lowest BCUT2D eigenvalue weighted by Gasteiger charge is -2.28. The van der Waals surface area contributed by atoms with Crippen molar-refractivity contribution < 1.29 is 31.2 Å². The lowest BCUT2D eigenvalue weighted by molar-refractivity contribution is -0.135. The summed E-state index contributed by atoms with van der Waals surface area (Å²) in [5.74, 6) is -5.52. The molecule has 2 aromatic carbocycles. The number of urea groups is 1. The number of hydrogen-bond acceptors (Lipinski definition) is 7. The van der Waals surface area contributed by atoms with Crippen LogP contribution < -0.4 is 10.6 Å². The first-order chi connectivity index (χ1) is 14.4. The first-order valence-electron chi connectivity index (χ1n) is 8.55. The van der Waals surface area contributed by atoms with Crippen LogP contribution in [0.15, 0.2) is 58.3 Å². The van der Waals surface area contributed by atoms with Crippen molar-refractivity contribution in [3.05, 3.63) is 58.6 Å². The van der Waals surface area contributed by atoms with E-state index in [1.807, 2.05) is 0 Å². The van der Waals surface area contributed by atoms with Crippen molar-refractivity contribution in [3.63, 3.8) is 0 Å². The molecule has 3 rings (SSSR count). The van der Waals surface area contributed by atoms with Gasteiger partial charge in [-0.2, -0.15) is 0 Å². The van der Waals surface area contributed by atoms with Crippen molar-refractivity contribution in [2.45, 2.75) is 15.0 Å². The van der Waals surface area contributed by atoms with Crippen molar-refractivity contribution >= 4 is 60.7 Å². The highest BCUT2D eigenvalue weighted by Crippen LogP contribution is 2.28. The summed E-state index contributed by atoms with van der Waals surface area (Å²) in [5.41, 5.74) is 0. The number of imide groups is 2. The van der Waals surface area contributed by atoms with Gasteiger partial charge in [-0.05, 0) is 48.5 Å². The standard InChI is InChI=1S/C18H14Cl2N2O7S2/c19-10-1-5-12(6-2-10)30(26,27)9-14(15-16(23)21-18(25)22-17(15)24)31(28,29)13-7-3-11(20)4-8-13/h1-8,14-15H,9H2,(H2,21,22,23,24,25). The summed E-state index contributed by atoms with van der Waals surface area (Å²) in [7, 11) is -8.84. The molecule has 13 heteroatoms. The van der Waals surface area contributed by atoms with Crippen LogP contribution in [0.5, 0.6) is 0 Å². The number of hydrogen-bond donors (Lipinski definition) is 2. The Bertz CT molecular complexity index is 1240. The van der Waals surface area contributed by atoms with Crippen LogP contribution in [0.4, 0.5) is 4.79 Å². The fourth-order valence-electron chi connectivity index (χ4n) is 2.99. The Balaban J connectivity index is 2.11. The van der Waals surface area contributed by atoms with Gasteiger partial charge < -0.3 is 0 Å². The summed E-state index contributed by atoms with van der Waals surface area (Å²) in [4.78, 5) is 35.5. The van der Waals surface area contributed by atoms with E-state index in [4.69, 9.17) is 23.2 Å². The third kappa shape index (κ3) is 4.90. The monoisotopic (exact) mass is 504 g/mol. The number of sulfone groups is 2. The van der Waals surface area contributed by atoms with Gasteiger partial charge in [-0.25, -0.2) is 21.6 Å². The Kier molecular flexibility index (Phi) is 6.42. The molecule has 1 atom stereocenters. The fourth-order valence-corrected chi connectivity index (χ4v) is 7.33. The van der Waals surface area contributed by atoms with Gasteiger partial charge in [-0.3, -0.25) is 20.2 Å². The highest BCUT2D eigenvalue weighted by atomic mass is 35.5. The van der Waals surface area contributed by atoms with Crippen LogP contribution in [0.25, 0.3) is 0 Å². The van der Waals surface area contributed by atoms with Crippen LogP contribution in [0.1, 0.15) is 0 Å². The quantitative estimate of drug-likeness (QED) is 0.568. The van der Waals surface area contributed by atoms with E-state index in [2.05, 4.69) is 0 Å². The van der Waals surface area contributed by atoms with E-state index < -0.39 is 54.4 Å². The lowest BCUT2D eigenvalue weighted by atomic mass is 10.0. The van der Waals surface area contributed by atoms with E-state index in [1.165, 1.54) is 36.4 Å². The Morgan fingerprint density at radius 2 is 1.16 bits per heavy atom. The molecule has 1 fully saturated rings. The summed E-state index contributed by atoms with van der Waals surface area (Å²) in [5, 5.41) is 2.05. The Hall–Kier alpha value is -2.47. The second-order valence-corrected chi connectivity index (χ2v) is 11.6. The van der Waals surface area contributed by atoms with Crippen LogP contribution in [0.2, 0.25) is 10.0 Å². The molecule has 1 unspecified atom stereocenters. The Morgan fingerprint density at radius 3 is 1.61 bits per heavy atom. The molecular formula is C18H14Cl2N2O7S2. The molecule has 0 aliphatic carbocycles. The molecule has 2 N–H and O–H groups in total. The maximum atomic E-state index is 13.3. The van der Waals surface area contributed by atoms with E-state index in [0.717, 1.165) is 12.1 Å². The molecule has 1 aliphatic heterocycles. The molecule has 1 aliphatic rings. The van der Waals surface area contributed by atoms with Gasteiger partial charge in [0.05, 0.1) is 15.5 Å². The molecule has 164 valence electrons. The average molecular weight is 505 g/mol. The first-order valence-corrected chi connectivity index (χ1v) is 12.5. The molecule has 0 aromatic heterocycles. The second-order valence-electron chi connectivity index (χ2n) is 6.56. The third-order valence-electron chi connectivity index (χ3n) is 4.51. The average Bonchev–Trinajstić information content (AvgIpc) is 2.67. The van der Waals surface area contributed by atoms with Crippen LogP contribution in [0, 0.1) is 5.92 Å². The predicted octanol–water partition coefficient (Wildman–Crippen LogP) is 1.59. The van der Waals surface area contributed by atoms with Gasteiger partial charge in [0.15, 0.2) is 19.7 Å². The van der Waals surface area contributed by atoms with Crippen LogP contribution >= 0.6 is 23.2 Å². The number of carbonyl (C=O) groups excluding carboxylic acids is 3. The highest BCUT2D eigenvalue weighted by Gasteiger charge is 2.48. The van der Waals surface area contributed by atoms with Gasteiger partial charge in [0.2, 0.25) is 11.8 Å². The molecule has 0 bridgehead atoms. The van der Waals surface area contributed by atoms with Crippen LogP contribution in [-0.4, -0.2) is 45.7 Å². The predicted molar refractivity (Wildman–Crippen MR) is 111 cm³/mol. The molecule has 0 saturated carbocycles. The minimum absolute atomic E-state index is 0.225. The summed E-state index contributed by atoms with van der Waals surface area (Å²) >= 11 is 11.6. The zero-order chi connectivity index (χ0) is 23.0. The number of nitrogens with one attached hydrogen (secondary N) is 2. The van der Waals surface area contributed by atoms with Crippen LogP contribution in [0.3, 0.4) is 0 Å². The topological polar surface area (TPSA) is 144 Å². The van der Waals surface area contributed by atoms with Crippen molar-refractivity contribution in [2.24, 2.45) is 5.92 Å². The molecule has 2 aromatic rings. The third-order valence-corrected chi connectivity index (χ3v) is 9.18. The Labute approximate surface area is 187 Å². The molecule has 31 heavy (non-hydrogen) atoms. The first kappa shape index (κ1) is 23.2. The SMILES string of the molecule is O=C1NC(=O)C(C(CS(=O)(=O)c2ccc(Cl)cc2)S(=O)(=O)c2ccc(Cl)cc2)C(=O)N1. The van der Waals surface area contributed by atoms with Gasteiger partial charge in [0.1, 0.15) is 11.2 Å². The fraction of sp³-hybridized carbons (Fsp3) is 0.167. The number of carbonyl (C=O) groups is 3. The van der Waals surface area contributed by atoms with Crippen molar-refractivity contribution in [1.82, 2.24) is 10.6 Å². The van der Waals surface area contributed by atoms with Gasteiger partial charge in [-0.1, -0.05) is 23.2 Å². The van der Waals surface area contributed by atoms with Gasteiger partial charge in [0, 0.05) is 10.0 Å². The van der Waals surface area contributed by atoms with Crippen molar-refractivity contribution in [3.8, 4) is 0 Å². The maximum absolute atomic E-state index is 13.3. The van der Waals surface area contributed by atoms with Gasteiger partial charge in [-0.15, -0.1) is 0 Å². The largest absolute Gasteiger partial charge is 0.328 e. The lowest BCUT2D eigenvalue weighted by Crippen LogP contribution is -2.61. The molecule has 1 saturated heterocycles. The minimum atomic E-state index is -4.55. The summed E-state index contributed by atoms with van der Waals surface area (Å²) in [6, 6.07) is 8.61. The zero-order valence-electron chi connectivity index (χ0n) is 15.4. The smallest absolute Gasteiger partial charge is 0.277 e. The zero-order valence-corrected chi connectivity index (χ0v) is 18.6. The van der Waals surface area contributed by atoms with Crippen molar-refractivity contribution in [1.29, 1.82) is 0 Å². The maximum Gasteiger partial charge on any atom is 0.328 e. The summed E-state index contributed by atoms with van der Waals surface area (Å²) < 4.78 is 52.5. The molecule has 0 radical (unpaired) electrons. The number of amides is 4. The van der Waals surface area contributed by atoms with Crippen molar-refractivity contribution in [2.75, 3.05) is 5.75 Å². The number of benzene rings is 2. The van der Waals surface area contributed by atoms with Gasteiger partial charge in [0.25, 0.3) is 0 Å². The van der Waals surface area contributed by atoms with E-state index in [1.54, 1.807) is 10.6 Å². The molecule has 9 nitrogen and oxygen atoms in total. The van der Waals surface area contributed by atoms with E-state index in [-0.39, 0.29) is 19.8 Å². The normalized spacial score (nSPS) is 16.5. The highest BCUT2D eigenvalue weighted by molar-refractivity contribution is 7.95. The molecule has 4 amide bonds. The van der Waals surface area contributed by atoms with E-state index in [0.29, 0.717) is 0 Å².